The van der Waals surface area contributed by atoms with Crippen molar-refractivity contribution in [2.45, 2.75) is 0 Å². The molecule has 6 nitrogen and oxygen atoms in total. The predicted octanol–water partition coefficient (Wildman–Crippen LogP) is 3.40. The molecule has 128 valence electrons. The zero-order valence-corrected chi connectivity index (χ0v) is 13.8. The molecule has 3 aromatic carbocycles. The summed E-state index contributed by atoms with van der Waals surface area (Å²) in [5.74, 6) is 1.39. The molecule has 0 aliphatic carbocycles. The summed E-state index contributed by atoms with van der Waals surface area (Å²) in [6.07, 6.45) is 0. The van der Waals surface area contributed by atoms with Crippen molar-refractivity contribution >= 4 is 28.0 Å². The summed E-state index contributed by atoms with van der Waals surface area (Å²) in [7, 11) is 1.61. The molecule has 0 saturated carbocycles. The maximum atomic E-state index is 12.8. The quantitative estimate of drug-likeness (QED) is 0.525. The number of ether oxygens (including phenoxy) is 3. The largest absolute Gasteiger partial charge is 0.618 e. The van der Waals surface area contributed by atoms with Crippen LogP contribution in [-0.4, -0.2) is 30.1 Å². The van der Waals surface area contributed by atoms with Crippen molar-refractivity contribution < 1.29 is 23.7 Å². The van der Waals surface area contributed by atoms with Gasteiger partial charge < -0.3 is 19.4 Å². The molecule has 2 heterocycles. The fourth-order valence-corrected chi connectivity index (χ4v) is 3.37. The van der Waals surface area contributed by atoms with E-state index in [0.717, 1.165) is 16.5 Å². The van der Waals surface area contributed by atoms with E-state index in [4.69, 9.17) is 14.2 Å². The van der Waals surface area contributed by atoms with Crippen molar-refractivity contribution in [3.8, 4) is 17.2 Å². The molecule has 0 amide bonds. The van der Waals surface area contributed by atoms with E-state index in [0.29, 0.717) is 27.4 Å². The van der Waals surface area contributed by atoms with Crippen LogP contribution in [-0.2, 0) is 0 Å². The number of ketones is 1. The van der Waals surface area contributed by atoms with Gasteiger partial charge in [0.2, 0.25) is 12.5 Å². The van der Waals surface area contributed by atoms with Gasteiger partial charge in [-0.2, -0.15) is 4.74 Å². The lowest BCUT2D eigenvalue weighted by Gasteiger charge is -2.05. The minimum absolute atomic E-state index is 0.0932. The smallest absolute Gasteiger partial charge is 0.272 e. The zero-order chi connectivity index (χ0) is 17.8. The molecule has 3 aromatic rings. The third kappa shape index (κ3) is 1.99. The normalized spacial score (nSPS) is 14.9. The van der Waals surface area contributed by atoms with Gasteiger partial charge >= 0.3 is 0 Å². The van der Waals surface area contributed by atoms with E-state index in [1.165, 1.54) is 0 Å². The minimum atomic E-state index is -0.318. The maximum Gasteiger partial charge on any atom is 0.272 e. The Kier molecular flexibility index (Phi) is 2.97. The van der Waals surface area contributed by atoms with Crippen LogP contribution in [0.1, 0.15) is 15.9 Å². The summed E-state index contributed by atoms with van der Waals surface area (Å²) < 4.78 is 16.5. The number of rotatable bonds is 2. The van der Waals surface area contributed by atoms with E-state index in [2.05, 4.69) is 0 Å². The lowest BCUT2D eigenvalue weighted by atomic mass is 9.99. The predicted molar refractivity (Wildman–Crippen MR) is 94.8 cm³/mol. The average molecular weight is 347 g/mol. The second-order valence-corrected chi connectivity index (χ2v) is 6.12. The highest BCUT2D eigenvalue weighted by Crippen LogP contribution is 2.41. The molecule has 0 unspecified atom stereocenters. The van der Waals surface area contributed by atoms with Gasteiger partial charge in [0, 0.05) is 6.07 Å². The Morgan fingerprint density at radius 1 is 1.00 bits per heavy atom. The standard InChI is InChI=1S/C20H13NO5/c1-24-14-5-4-11-6-13(3-2-12(11)7-14)19-20(22)15-8-17-18(26-10-25-17)9-16(15)21(19)23/h2-9H,10H2,1H3. The monoisotopic (exact) mass is 347 g/mol. The molecule has 2 aliphatic heterocycles. The highest BCUT2D eigenvalue weighted by Gasteiger charge is 2.39. The van der Waals surface area contributed by atoms with Crippen LogP contribution in [0.5, 0.6) is 17.2 Å². The molecule has 0 saturated heterocycles. The molecule has 0 spiro atoms. The van der Waals surface area contributed by atoms with Gasteiger partial charge in [0.05, 0.1) is 18.7 Å². The lowest BCUT2D eigenvalue weighted by molar-refractivity contribution is -0.355. The number of benzene rings is 3. The van der Waals surface area contributed by atoms with Crippen LogP contribution in [0.3, 0.4) is 0 Å². The number of hydrogen-bond acceptors (Lipinski definition) is 5. The van der Waals surface area contributed by atoms with Gasteiger partial charge in [-0.05, 0) is 35.0 Å². The Bertz CT molecular complexity index is 1130. The SMILES string of the molecule is COc1ccc2cc(C3=[N+]([O-])c4cc5c(cc4C3=O)OCO5)ccc2c1. The number of fused-ring (bicyclic) bond motifs is 3. The average Bonchev–Trinajstić information content (AvgIpc) is 3.22. The third-order valence-corrected chi connectivity index (χ3v) is 4.69. The lowest BCUT2D eigenvalue weighted by Crippen LogP contribution is -2.16. The van der Waals surface area contributed by atoms with Crippen LogP contribution in [0.4, 0.5) is 5.69 Å². The second-order valence-electron chi connectivity index (χ2n) is 6.12. The Morgan fingerprint density at radius 2 is 1.73 bits per heavy atom. The van der Waals surface area contributed by atoms with E-state index in [1.807, 2.05) is 30.3 Å². The number of carbonyl (C=O) groups is 1. The van der Waals surface area contributed by atoms with Crippen molar-refractivity contribution in [1.82, 2.24) is 0 Å². The molecule has 5 rings (SSSR count). The van der Waals surface area contributed by atoms with Gasteiger partial charge in [0.25, 0.3) is 11.5 Å². The number of methoxy groups -OCH3 is 1. The van der Waals surface area contributed by atoms with Crippen LogP contribution in [0.15, 0.2) is 48.5 Å². The van der Waals surface area contributed by atoms with Gasteiger partial charge in [-0.1, -0.05) is 12.1 Å². The highest BCUT2D eigenvalue weighted by atomic mass is 16.7. The van der Waals surface area contributed by atoms with Crippen LogP contribution < -0.4 is 14.2 Å². The zero-order valence-electron chi connectivity index (χ0n) is 13.8. The van der Waals surface area contributed by atoms with Crippen LogP contribution in [0.2, 0.25) is 0 Å². The summed E-state index contributed by atoms with van der Waals surface area (Å²) in [5.41, 5.74) is 1.28. The van der Waals surface area contributed by atoms with Crippen molar-refractivity contribution in [2.75, 3.05) is 13.9 Å². The van der Waals surface area contributed by atoms with E-state index < -0.39 is 0 Å². The summed E-state index contributed by atoms with van der Waals surface area (Å²) >= 11 is 0. The molecule has 0 fully saturated rings. The maximum absolute atomic E-state index is 12.8. The van der Waals surface area contributed by atoms with E-state index >= 15 is 0 Å². The second kappa shape index (κ2) is 5.23. The molecular weight excluding hydrogens is 334 g/mol. The number of carbonyl (C=O) groups excluding carboxylic acids is 1. The summed E-state index contributed by atoms with van der Waals surface area (Å²) in [4.78, 5) is 12.8. The minimum Gasteiger partial charge on any atom is -0.618 e. The van der Waals surface area contributed by atoms with Gasteiger partial charge in [0.1, 0.15) is 11.3 Å². The van der Waals surface area contributed by atoms with Crippen LogP contribution in [0, 0.1) is 5.21 Å². The first-order valence-electron chi connectivity index (χ1n) is 8.06. The van der Waals surface area contributed by atoms with Crippen LogP contribution in [0.25, 0.3) is 10.8 Å². The number of Topliss-reactive ketones (excluding diaryl/α,β-unsaturated/α-hetero) is 1. The first-order valence-corrected chi connectivity index (χ1v) is 8.06. The Morgan fingerprint density at radius 3 is 2.54 bits per heavy atom. The molecule has 0 atom stereocenters. The van der Waals surface area contributed by atoms with Gasteiger partial charge in [-0.15, -0.1) is 0 Å². The summed E-state index contributed by atoms with van der Waals surface area (Å²) in [5, 5.41) is 14.7. The molecule has 0 radical (unpaired) electrons. The fourth-order valence-electron chi connectivity index (χ4n) is 3.37. The van der Waals surface area contributed by atoms with Gasteiger partial charge in [-0.25, -0.2) is 0 Å². The van der Waals surface area contributed by atoms with Crippen molar-refractivity contribution in [3.63, 3.8) is 0 Å². The van der Waals surface area contributed by atoms with Gasteiger partial charge in [0.15, 0.2) is 11.5 Å². The summed E-state index contributed by atoms with van der Waals surface area (Å²) in [6.45, 7) is 0.0932. The molecule has 6 heteroatoms. The molecule has 26 heavy (non-hydrogen) atoms. The number of hydrogen-bond donors (Lipinski definition) is 0. The number of nitrogens with zero attached hydrogens (tertiary/aromatic N) is 1. The molecule has 0 bridgehead atoms. The third-order valence-electron chi connectivity index (χ3n) is 4.69. The van der Waals surface area contributed by atoms with E-state index in [1.54, 1.807) is 25.3 Å². The molecule has 0 N–H and O–H groups in total. The topological polar surface area (TPSA) is 70.8 Å². The molecule has 0 aromatic heterocycles. The Hall–Kier alpha value is -3.54. The first kappa shape index (κ1) is 14.8. The van der Waals surface area contributed by atoms with Gasteiger partial charge in [-0.3, -0.25) is 4.79 Å². The Balaban J connectivity index is 1.64. The highest BCUT2D eigenvalue weighted by molar-refractivity contribution is 6.52. The van der Waals surface area contributed by atoms with E-state index in [9.17, 15) is 10.0 Å². The summed E-state index contributed by atoms with van der Waals surface area (Å²) in [6, 6.07) is 14.3. The Labute approximate surface area is 148 Å². The fraction of sp³-hybridized carbons (Fsp3) is 0.100. The molecule has 2 aliphatic rings. The first-order chi connectivity index (χ1) is 12.7. The van der Waals surface area contributed by atoms with Crippen molar-refractivity contribution in [3.05, 3.63) is 64.9 Å². The van der Waals surface area contributed by atoms with Crippen molar-refractivity contribution in [2.24, 2.45) is 0 Å². The molecular formula is C20H13NO5. The van der Waals surface area contributed by atoms with Crippen LogP contribution >= 0.6 is 0 Å². The van der Waals surface area contributed by atoms with E-state index in [-0.39, 0.29) is 24.0 Å². The van der Waals surface area contributed by atoms with Crippen molar-refractivity contribution in [1.29, 1.82) is 0 Å².